The fraction of sp³-hybridized carbons (Fsp3) is 0.323. The Morgan fingerprint density at radius 1 is 0.951 bits per heavy atom. The summed E-state index contributed by atoms with van der Waals surface area (Å²) in [5.74, 6) is -1.78. The number of hydrogen-bond acceptors (Lipinski definition) is 3. The molecule has 0 saturated heterocycles. The Bertz CT molecular complexity index is 1420. The van der Waals surface area contributed by atoms with Gasteiger partial charge in [0.15, 0.2) is 0 Å². The van der Waals surface area contributed by atoms with Crippen LogP contribution >= 0.6 is 0 Å². The Kier molecular flexibility index (Phi) is 8.42. The second kappa shape index (κ2) is 11.6. The average molecular weight is 567 g/mol. The first-order chi connectivity index (χ1) is 19.2. The number of aryl methyl sites for hydroxylation is 1. The smallest absolute Gasteiger partial charge is 0.350 e. The molecule has 4 rings (SSSR count). The molecule has 0 aliphatic carbocycles. The van der Waals surface area contributed by atoms with Crippen LogP contribution in [0.5, 0.6) is 0 Å². The number of nitrogens with zero attached hydrogens (tertiary/aromatic N) is 1. The van der Waals surface area contributed by atoms with Crippen LogP contribution < -0.4 is 20.9 Å². The molecule has 0 bridgehead atoms. The number of carbonyl (C=O) groups is 3. The summed E-state index contributed by atoms with van der Waals surface area (Å²) >= 11 is 0. The number of amides is 4. The van der Waals surface area contributed by atoms with Crippen molar-refractivity contribution in [1.29, 1.82) is 0 Å². The van der Waals surface area contributed by atoms with Crippen LogP contribution in [0.15, 0.2) is 72.8 Å². The standard InChI is InChI=1S/C31H33F3N4O3/c1-19-10-13-22(14-11-19)35-29(41)36-25-17-24(20-8-6-5-7-9-20)23-15-12-21(31(32,33)34)16-26(23)38(28(25)40)18-27(39)37-30(2,3)4/h5-16,24-25H,17-18H2,1-4H3,(H,37,39)(H2,35,36,41). The summed E-state index contributed by atoms with van der Waals surface area (Å²) < 4.78 is 41.5. The molecule has 1 heterocycles. The predicted octanol–water partition coefficient (Wildman–Crippen LogP) is 5.99. The van der Waals surface area contributed by atoms with E-state index in [9.17, 15) is 27.6 Å². The van der Waals surface area contributed by atoms with Crippen molar-refractivity contribution < 1.29 is 27.6 Å². The Morgan fingerprint density at radius 2 is 1.61 bits per heavy atom. The van der Waals surface area contributed by atoms with Gasteiger partial charge < -0.3 is 20.9 Å². The lowest BCUT2D eigenvalue weighted by atomic mass is 9.85. The van der Waals surface area contributed by atoms with E-state index in [4.69, 9.17) is 0 Å². The topological polar surface area (TPSA) is 90.5 Å². The van der Waals surface area contributed by atoms with Gasteiger partial charge in [0.25, 0.3) is 0 Å². The van der Waals surface area contributed by atoms with E-state index in [0.717, 1.165) is 28.2 Å². The number of fused-ring (bicyclic) bond motifs is 1. The summed E-state index contributed by atoms with van der Waals surface area (Å²) in [5.41, 5.74) is 1.11. The number of carbonyl (C=O) groups excluding carboxylic acids is 3. The summed E-state index contributed by atoms with van der Waals surface area (Å²) in [6.45, 7) is 6.66. The highest BCUT2D eigenvalue weighted by Crippen LogP contribution is 2.42. The Labute approximate surface area is 237 Å². The van der Waals surface area contributed by atoms with Crippen molar-refractivity contribution >= 4 is 29.2 Å². The molecule has 3 aromatic carbocycles. The molecular formula is C31H33F3N4O3. The SMILES string of the molecule is Cc1ccc(NC(=O)NC2CC(c3ccccc3)c3ccc(C(F)(F)F)cc3N(CC(=O)NC(C)(C)C)C2=O)cc1. The van der Waals surface area contributed by atoms with Crippen LogP contribution in [0, 0.1) is 6.92 Å². The maximum absolute atomic E-state index is 14.0. The molecule has 0 spiro atoms. The van der Waals surface area contributed by atoms with E-state index in [-0.39, 0.29) is 12.1 Å². The van der Waals surface area contributed by atoms with Gasteiger partial charge in [-0.15, -0.1) is 0 Å². The van der Waals surface area contributed by atoms with Crippen molar-refractivity contribution in [2.24, 2.45) is 0 Å². The highest BCUT2D eigenvalue weighted by atomic mass is 19.4. The van der Waals surface area contributed by atoms with Crippen LogP contribution in [0.1, 0.15) is 55.4 Å². The second-order valence-corrected chi connectivity index (χ2v) is 11.2. The minimum absolute atomic E-state index is 0.0222. The summed E-state index contributed by atoms with van der Waals surface area (Å²) in [5, 5.41) is 8.17. The molecule has 2 atom stereocenters. The Balaban J connectivity index is 1.78. The maximum atomic E-state index is 14.0. The van der Waals surface area contributed by atoms with Gasteiger partial charge in [-0.25, -0.2) is 4.79 Å². The number of urea groups is 1. The number of rotatable bonds is 5. The zero-order valence-electron chi connectivity index (χ0n) is 23.3. The molecule has 0 fully saturated rings. The zero-order valence-corrected chi connectivity index (χ0v) is 23.3. The largest absolute Gasteiger partial charge is 0.416 e. The number of nitrogens with one attached hydrogen (secondary N) is 3. The van der Waals surface area contributed by atoms with Crippen molar-refractivity contribution in [2.75, 3.05) is 16.8 Å². The van der Waals surface area contributed by atoms with Crippen molar-refractivity contribution in [3.05, 3.63) is 95.1 Å². The second-order valence-electron chi connectivity index (χ2n) is 11.2. The van der Waals surface area contributed by atoms with Gasteiger partial charge >= 0.3 is 12.2 Å². The van der Waals surface area contributed by atoms with E-state index in [1.54, 1.807) is 45.0 Å². The first kappa shape index (κ1) is 29.6. The van der Waals surface area contributed by atoms with Crippen LogP contribution in [0.3, 0.4) is 0 Å². The molecule has 2 unspecified atom stereocenters. The number of alkyl halides is 3. The van der Waals surface area contributed by atoms with E-state index in [0.29, 0.717) is 11.3 Å². The van der Waals surface area contributed by atoms with E-state index in [1.807, 2.05) is 37.3 Å². The summed E-state index contributed by atoms with van der Waals surface area (Å²) in [6.07, 6.45) is -4.60. The predicted molar refractivity (Wildman–Crippen MR) is 152 cm³/mol. The lowest BCUT2D eigenvalue weighted by Gasteiger charge is -2.28. The van der Waals surface area contributed by atoms with Crippen molar-refractivity contribution in [1.82, 2.24) is 10.6 Å². The fourth-order valence-electron chi connectivity index (χ4n) is 4.87. The quantitative estimate of drug-likeness (QED) is 0.355. The van der Waals surface area contributed by atoms with Crippen LogP contribution in [0.25, 0.3) is 0 Å². The molecule has 41 heavy (non-hydrogen) atoms. The van der Waals surface area contributed by atoms with Crippen LogP contribution in [-0.2, 0) is 15.8 Å². The van der Waals surface area contributed by atoms with E-state index < -0.39 is 53.6 Å². The lowest BCUT2D eigenvalue weighted by molar-refractivity contribution is -0.137. The molecule has 216 valence electrons. The molecule has 0 aromatic heterocycles. The lowest BCUT2D eigenvalue weighted by Crippen LogP contribution is -2.53. The van der Waals surface area contributed by atoms with Crippen molar-refractivity contribution in [2.45, 2.75) is 57.8 Å². The Hall–Kier alpha value is -4.34. The number of anilines is 2. The zero-order chi connectivity index (χ0) is 29.9. The summed E-state index contributed by atoms with van der Waals surface area (Å²) in [4.78, 5) is 41.1. The number of benzene rings is 3. The Morgan fingerprint density at radius 3 is 2.22 bits per heavy atom. The van der Waals surface area contributed by atoms with Crippen molar-refractivity contribution in [3.8, 4) is 0 Å². The van der Waals surface area contributed by atoms with Gasteiger partial charge in [-0.1, -0.05) is 54.1 Å². The third-order valence-corrected chi connectivity index (χ3v) is 6.69. The molecule has 3 aromatic rings. The molecule has 0 saturated carbocycles. The number of hydrogen-bond donors (Lipinski definition) is 3. The third kappa shape index (κ3) is 7.45. The van der Waals surface area contributed by atoms with Gasteiger partial charge in [0.1, 0.15) is 12.6 Å². The van der Waals surface area contributed by atoms with Crippen LogP contribution in [0.2, 0.25) is 0 Å². The van der Waals surface area contributed by atoms with Gasteiger partial charge in [-0.3, -0.25) is 9.59 Å². The molecule has 7 nitrogen and oxygen atoms in total. The van der Waals surface area contributed by atoms with E-state index >= 15 is 0 Å². The highest BCUT2D eigenvalue weighted by Gasteiger charge is 2.40. The van der Waals surface area contributed by atoms with E-state index in [2.05, 4.69) is 16.0 Å². The monoisotopic (exact) mass is 566 g/mol. The van der Waals surface area contributed by atoms with Crippen molar-refractivity contribution in [3.63, 3.8) is 0 Å². The molecule has 1 aliphatic heterocycles. The van der Waals surface area contributed by atoms with Gasteiger partial charge in [0.2, 0.25) is 11.8 Å². The first-order valence-electron chi connectivity index (χ1n) is 13.2. The molecule has 0 radical (unpaired) electrons. The van der Waals surface area contributed by atoms with Crippen LogP contribution in [-0.4, -0.2) is 36.0 Å². The molecular weight excluding hydrogens is 533 g/mol. The normalized spacial score (nSPS) is 17.3. The molecule has 3 N–H and O–H groups in total. The fourth-order valence-corrected chi connectivity index (χ4v) is 4.87. The van der Waals surface area contributed by atoms with Gasteiger partial charge in [-0.05, 0) is 69.5 Å². The average Bonchev–Trinajstić information content (AvgIpc) is 2.99. The van der Waals surface area contributed by atoms with Gasteiger partial charge in [0, 0.05) is 22.8 Å². The minimum atomic E-state index is -4.67. The maximum Gasteiger partial charge on any atom is 0.416 e. The molecule has 10 heteroatoms. The van der Waals surface area contributed by atoms with Gasteiger partial charge in [0.05, 0.1) is 5.56 Å². The summed E-state index contributed by atoms with van der Waals surface area (Å²) in [7, 11) is 0. The third-order valence-electron chi connectivity index (χ3n) is 6.69. The number of halogens is 3. The highest BCUT2D eigenvalue weighted by molar-refractivity contribution is 6.05. The summed E-state index contributed by atoms with van der Waals surface area (Å²) in [6, 6.07) is 17.6. The first-order valence-corrected chi connectivity index (χ1v) is 13.2. The molecule has 1 aliphatic rings. The van der Waals surface area contributed by atoms with Crippen LogP contribution in [0.4, 0.5) is 29.3 Å². The molecule has 4 amide bonds. The van der Waals surface area contributed by atoms with E-state index in [1.165, 1.54) is 6.07 Å². The minimum Gasteiger partial charge on any atom is -0.350 e. The van der Waals surface area contributed by atoms with Gasteiger partial charge in [-0.2, -0.15) is 13.2 Å².